The second-order valence-electron chi connectivity index (χ2n) is 22.0. The molecule has 13 heteroatoms. The molecule has 436 valence electrons. The number of rotatable bonds is 57. The van der Waals surface area contributed by atoms with Gasteiger partial charge >= 0.3 is 16.4 Å². The lowest BCUT2D eigenvalue weighted by Crippen LogP contribution is -2.60. The van der Waals surface area contributed by atoms with E-state index in [1.165, 1.54) is 250 Å². The van der Waals surface area contributed by atoms with Crippen molar-refractivity contribution in [3.8, 4) is 0 Å². The molecule has 1 aliphatic heterocycles. The second kappa shape index (κ2) is 51.8. The Balaban J connectivity index is 2.23. The number of aliphatic hydroxyl groups is 3. The fourth-order valence-electron chi connectivity index (χ4n) is 10.3. The first-order valence-electron chi connectivity index (χ1n) is 31.3. The van der Waals surface area contributed by atoms with Gasteiger partial charge in [0.05, 0.1) is 19.8 Å². The Morgan fingerprint density at radius 3 is 1.10 bits per heavy atom. The molecular weight excluding hydrogens is 945 g/mol. The van der Waals surface area contributed by atoms with Gasteiger partial charge in [-0.3, -0.25) is 9.35 Å². The van der Waals surface area contributed by atoms with Gasteiger partial charge in [0.15, 0.2) is 6.29 Å². The van der Waals surface area contributed by atoms with Gasteiger partial charge in [-0.1, -0.05) is 296 Å². The number of aliphatic hydroxyl groups excluding tert-OH is 3. The van der Waals surface area contributed by atoms with E-state index in [0.717, 1.165) is 38.5 Å². The Labute approximate surface area is 449 Å². The van der Waals surface area contributed by atoms with Crippen LogP contribution in [0.4, 0.5) is 0 Å². The third kappa shape index (κ3) is 44.7. The van der Waals surface area contributed by atoms with Crippen LogP contribution < -0.4 is 0 Å². The van der Waals surface area contributed by atoms with Crippen molar-refractivity contribution in [1.29, 1.82) is 0 Å². The molecular formula is C60H118O12S. The Morgan fingerprint density at radius 1 is 0.466 bits per heavy atom. The van der Waals surface area contributed by atoms with Crippen LogP contribution in [0.3, 0.4) is 0 Å². The minimum absolute atomic E-state index is 0.0459. The first-order chi connectivity index (χ1) is 35.6. The van der Waals surface area contributed by atoms with Crippen LogP contribution in [0, 0.1) is 0 Å². The van der Waals surface area contributed by atoms with Gasteiger partial charge < -0.3 is 34.3 Å². The number of unbranched alkanes of at least 4 members (excludes halogenated alkanes) is 44. The molecule has 1 heterocycles. The van der Waals surface area contributed by atoms with E-state index < -0.39 is 53.8 Å². The first kappa shape index (κ1) is 70.1. The van der Waals surface area contributed by atoms with Crippen molar-refractivity contribution >= 4 is 16.4 Å². The van der Waals surface area contributed by atoms with Gasteiger partial charge in [0, 0.05) is 13.0 Å². The zero-order chi connectivity index (χ0) is 53.1. The number of carbonyl (C=O) groups excluding carboxylic acids is 1. The van der Waals surface area contributed by atoms with Crippen molar-refractivity contribution in [1.82, 2.24) is 0 Å². The van der Waals surface area contributed by atoms with E-state index in [4.69, 9.17) is 18.9 Å². The van der Waals surface area contributed by atoms with Crippen molar-refractivity contribution in [2.45, 2.75) is 352 Å². The van der Waals surface area contributed by atoms with Gasteiger partial charge in [0.25, 0.3) is 0 Å². The molecule has 4 N–H and O–H groups in total. The van der Waals surface area contributed by atoms with Crippen LogP contribution >= 0.6 is 0 Å². The van der Waals surface area contributed by atoms with Crippen molar-refractivity contribution in [3.05, 3.63) is 0 Å². The van der Waals surface area contributed by atoms with Crippen LogP contribution in [0.25, 0.3) is 0 Å². The molecule has 1 rings (SSSR count). The van der Waals surface area contributed by atoms with Crippen LogP contribution in [0.1, 0.15) is 316 Å². The number of hydrogen-bond donors (Lipinski definition) is 4. The summed E-state index contributed by atoms with van der Waals surface area (Å²) in [6.07, 6.45) is 51.5. The normalized spacial score (nSPS) is 18.7. The summed E-state index contributed by atoms with van der Waals surface area (Å²) in [7, 11) is -5.06. The van der Waals surface area contributed by atoms with E-state index in [2.05, 4.69) is 18.0 Å². The van der Waals surface area contributed by atoms with E-state index in [1.54, 1.807) is 0 Å². The molecule has 0 radical (unpaired) electrons. The fourth-order valence-corrected chi connectivity index (χ4v) is 10.8. The smallest absolute Gasteiger partial charge is 0.397 e. The molecule has 0 bridgehead atoms. The number of esters is 1. The predicted molar refractivity (Wildman–Crippen MR) is 299 cm³/mol. The summed E-state index contributed by atoms with van der Waals surface area (Å²) >= 11 is 0. The maximum absolute atomic E-state index is 13.0. The van der Waals surface area contributed by atoms with Crippen LogP contribution in [0.2, 0.25) is 0 Å². The molecule has 1 saturated heterocycles. The molecule has 73 heavy (non-hydrogen) atoms. The van der Waals surface area contributed by atoms with Gasteiger partial charge in [0.2, 0.25) is 0 Å². The summed E-state index contributed by atoms with van der Waals surface area (Å²) in [6.45, 7) is 4.09. The molecule has 0 aliphatic carbocycles. The highest BCUT2D eigenvalue weighted by molar-refractivity contribution is 7.80. The summed E-state index contributed by atoms with van der Waals surface area (Å²) < 4.78 is 59.5. The maximum atomic E-state index is 13.0. The summed E-state index contributed by atoms with van der Waals surface area (Å²) in [6, 6.07) is 0. The summed E-state index contributed by atoms with van der Waals surface area (Å²) in [5.41, 5.74) is 0. The Hall–Kier alpha value is -0.900. The highest BCUT2D eigenvalue weighted by Gasteiger charge is 2.48. The number of ether oxygens (including phenoxy) is 4. The Morgan fingerprint density at radius 2 is 0.781 bits per heavy atom. The molecule has 1 aliphatic rings. The molecule has 0 aromatic rings. The topological polar surface area (TPSA) is 178 Å². The lowest BCUT2D eigenvalue weighted by atomic mass is 9.99. The van der Waals surface area contributed by atoms with Crippen molar-refractivity contribution in [3.63, 3.8) is 0 Å². The predicted octanol–water partition coefficient (Wildman–Crippen LogP) is 15.9. The minimum atomic E-state index is -5.06. The van der Waals surface area contributed by atoms with E-state index in [9.17, 15) is 33.1 Å². The second-order valence-corrected chi connectivity index (χ2v) is 23.1. The molecule has 6 atom stereocenters. The van der Waals surface area contributed by atoms with Crippen molar-refractivity contribution < 1.29 is 56.2 Å². The minimum Gasteiger partial charge on any atom is -0.457 e. The zero-order valence-electron chi connectivity index (χ0n) is 47.5. The first-order valence-corrected chi connectivity index (χ1v) is 32.7. The van der Waals surface area contributed by atoms with E-state index >= 15 is 0 Å². The van der Waals surface area contributed by atoms with Crippen molar-refractivity contribution in [2.24, 2.45) is 0 Å². The lowest BCUT2D eigenvalue weighted by Gasteiger charge is -2.41. The molecule has 6 unspecified atom stereocenters. The molecule has 12 nitrogen and oxygen atoms in total. The summed E-state index contributed by atoms with van der Waals surface area (Å²) in [5, 5.41) is 30.9. The quantitative estimate of drug-likeness (QED) is 0.0258. The SMILES string of the molecule is CCCCCCCCCCCCCCCCCCCCCCCCCCCOCC(COC1OC(CO)C(O)C(OS(=O)(=O)O)C1O)OC(=O)CCCCCCCCCCCCCCCCCCCCCCC. The molecule has 1 fully saturated rings. The molecule has 0 aromatic carbocycles. The van der Waals surface area contributed by atoms with Gasteiger partial charge in [-0.25, -0.2) is 4.18 Å². The van der Waals surface area contributed by atoms with Gasteiger partial charge in [-0.05, 0) is 12.8 Å². The van der Waals surface area contributed by atoms with E-state index in [0.29, 0.717) is 13.0 Å². The zero-order valence-corrected chi connectivity index (χ0v) is 48.3. The molecule has 0 aromatic heterocycles. The third-order valence-corrected chi connectivity index (χ3v) is 15.4. The highest BCUT2D eigenvalue weighted by Crippen LogP contribution is 2.26. The molecule has 0 saturated carbocycles. The average Bonchev–Trinajstić information content (AvgIpc) is 3.37. The Kier molecular flexibility index (Phi) is 49.8. The van der Waals surface area contributed by atoms with E-state index in [-0.39, 0.29) is 25.6 Å². The fraction of sp³-hybridized carbons (Fsp3) is 0.983. The highest BCUT2D eigenvalue weighted by atomic mass is 32.3. The van der Waals surface area contributed by atoms with Crippen LogP contribution in [0.15, 0.2) is 0 Å². The van der Waals surface area contributed by atoms with Crippen LogP contribution in [0.5, 0.6) is 0 Å². The van der Waals surface area contributed by atoms with Gasteiger partial charge in [-0.2, -0.15) is 8.42 Å². The van der Waals surface area contributed by atoms with Gasteiger partial charge in [-0.15, -0.1) is 0 Å². The summed E-state index contributed by atoms with van der Waals surface area (Å²) in [4.78, 5) is 13.0. The summed E-state index contributed by atoms with van der Waals surface area (Å²) in [5.74, 6) is -0.388. The standard InChI is InChI=1S/C60H118O12S/c1-3-5-7-9-11-13-15-17-19-21-23-25-26-27-28-30-32-34-36-38-40-42-44-46-48-50-68-52-54(53-69-60-58(64)59(72-73(65,66)67)57(63)55(51-61)71-60)70-56(62)49-47-45-43-41-39-37-35-33-31-29-24-22-20-18-16-14-12-10-8-6-4-2/h54-55,57-61,63-64H,3-53H2,1-2H3,(H,65,66,67). The largest absolute Gasteiger partial charge is 0.457 e. The number of hydrogen-bond acceptors (Lipinski definition) is 11. The van der Waals surface area contributed by atoms with Crippen LogP contribution in [-0.4, -0.2) is 97.5 Å². The monoisotopic (exact) mass is 1060 g/mol. The average molecular weight is 1060 g/mol. The maximum Gasteiger partial charge on any atom is 0.397 e. The molecule has 0 spiro atoms. The lowest BCUT2D eigenvalue weighted by molar-refractivity contribution is -0.301. The molecule has 0 amide bonds. The van der Waals surface area contributed by atoms with Crippen LogP contribution in [-0.2, 0) is 38.3 Å². The Bertz CT molecular complexity index is 1270. The number of carbonyl (C=O) groups is 1. The van der Waals surface area contributed by atoms with E-state index in [1.807, 2.05) is 0 Å². The third-order valence-electron chi connectivity index (χ3n) is 15.0. The van der Waals surface area contributed by atoms with Crippen molar-refractivity contribution in [2.75, 3.05) is 26.4 Å². The van der Waals surface area contributed by atoms with Gasteiger partial charge in [0.1, 0.15) is 30.5 Å².